The van der Waals surface area contributed by atoms with E-state index in [1.165, 1.54) is 16.7 Å². The predicted molar refractivity (Wildman–Crippen MR) is 115 cm³/mol. The van der Waals surface area contributed by atoms with E-state index in [9.17, 15) is 0 Å². The van der Waals surface area contributed by atoms with E-state index < -0.39 is 8.32 Å². The summed E-state index contributed by atoms with van der Waals surface area (Å²) < 4.78 is 6.99. The van der Waals surface area contributed by atoms with E-state index in [2.05, 4.69) is 98.9 Å². The van der Waals surface area contributed by atoms with E-state index in [0.717, 1.165) is 18.6 Å². The lowest BCUT2D eigenvalue weighted by molar-refractivity contribution is 0.401. The monoisotopic (exact) mass is 358 g/mol. The van der Waals surface area contributed by atoms with Gasteiger partial charge in [-0.25, -0.2) is 0 Å². The van der Waals surface area contributed by atoms with Crippen molar-refractivity contribution < 1.29 is 4.43 Å². The molecule has 1 rings (SSSR count). The van der Waals surface area contributed by atoms with Crippen molar-refractivity contribution in [2.75, 3.05) is 0 Å². The second-order valence-corrected chi connectivity index (χ2v) is 14.7. The molecule has 1 aromatic rings. The van der Waals surface area contributed by atoms with Crippen molar-refractivity contribution in [2.24, 2.45) is 0 Å². The van der Waals surface area contributed by atoms with Crippen molar-refractivity contribution in [1.29, 1.82) is 0 Å². The van der Waals surface area contributed by atoms with Gasteiger partial charge in [-0.1, -0.05) is 84.9 Å². The first-order chi connectivity index (χ1) is 11.3. The summed E-state index contributed by atoms with van der Waals surface area (Å²) in [5.41, 5.74) is 3.70. The minimum atomic E-state index is -2.09. The Morgan fingerprint density at radius 1 is 1.08 bits per heavy atom. The zero-order chi connectivity index (χ0) is 19.5. The third-order valence-corrected chi connectivity index (χ3v) is 11.7. The average Bonchev–Trinajstić information content (AvgIpc) is 2.44. The van der Waals surface area contributed by atoms with E-state index in [4.69, 9.17) is 4.43 Å². The van der Waals surface area contributed by atoms with Gasteiger partial charge in [0.05, 0.1) is 0 Å². The normalized spacial score (nSPS) is 13.7. The predicted octanol–water partition coefficient (Wildman–Crippen LogP) is 7.75. The van der Waals surface area contributed by atoms with Crippen molar-refractivity contribution in [3.05, 3.63) is 53.6 Å². The molecule has 0 saturated heterocycles. The maximum Gasteiger partial charge on any atom is 0.258 e. The summed E-state index contributed by atoms with van der Waals surface area (Å²) in [6, 6.07) is 8.61. The number of benzene rings is 1. The van der Waals surface area contributed by atoms with Gasteiger partial charge in [-0.3, -0.25) is 0 Å². The SMILES string of the molecule is C=C(C)Cc1ccccc1/C(=C/CC)O[Si](C)(C(C)(C)C)C(C)(C)C. The summed E-state index contributed by atoms with van der Waals surface area (Å²) in [5.74, 6) is 1.05. The van der Waals surface area contributed by atoms with E-state index in [1.54, 1.807) is 0 Å². The molecule has 140 valence electrons. The van der Waals surface area contributed by atoms with Crippen LogP contribution in [0.3, 0.4) is 0 Å². The topological polar surface area (TPSA) is 9.23 Å². The molecule has 0 aliphatic carbocycles. The molecule has 0 spiro atoms. The molecular weight excluding hydrogens is 320 g/mol. The zero-order valence-corrected chi connectivity index (χ0v) is 18.9. The fourth-order valence-corrected chi connectivity index (χ4v) is 6.78. The quantitative estimate of drug-likeness (QED) is 0.287. The van der Waals surface area contributed by atoms with E-state index >= 15 is 0 Å². The van der Waals surface area contributed by atoms with Gasteiger partial charge in [-0.15, -0.1) is 0 Å². The van der Waals surface area contributed by atoms with E-state index in [0.29, 0.717) is 0 Å². The molecule has 0 fully saturated rings. The molecule has 0 heterocycles. The van der Waals surface area contributed by atoms with Gasteiger partial charge in [0.15, 0.2) is 0 Å². The van der Waals surface area contributed by atoms with Crippen LogP contribution in [-0.2, 0) is 10.8 Å². The van der Waals surface area contributed by atoms with Gasteiger partial charge in [0.25, 0.3) is 8.32 Å². The maximum atomic E-state index is 6.99. The van der Waals surface area contributed by atoms with Crippen LogP contribution in [0, 0.1) is 0 Å². The molecule has 1 aromatic carbocycles. The first-order valence-corrected chi connectivity index (χ1v) is 11.9. The first-order valence-electron chi connectivity index (χ1n) is 9.45. The second kappa shape index (κ2) is 7.95. The highest BCUT2D eigenvalue weighted by Crippen LogP contribution is 2.53. The van der Waals surface area contributed by atoms with Crippen molar-refractivity contribution in [3.8, 4) is 0 Å². The summed E-state index contributed by atoms with van der Waals surface area (Å²) in [5, 5.41) is 0.281. The van der Waals surface area contributed by atoms with Gasteiger partial charge in [-0.2, -0.15) is 0 Å². The summed E-state index contributed by atoms with van der Waals surface area (Å²) in [7, 11) is -2.09. The van der Waals surface area contributed by atoms with Gasteiger partial charge in [0.2, 0.25) is 0 Å². The third-order valence-electron chi connectivity index (χ3n) is 5.34. The molecule has 0 aliphatic heterocycles. The highest BCUT2D eigenvalue weighted by molar-refractivity contribution is 6.78. The average molecular weight is 359 g/mol. The molecule has 0 aromatic heterocycles. The molecule has 25 heavy (non-hydrogen) atoms. The van der Waals surface area contributed by atoms with Crippen LogP contribution in [0.4, 0.5) is 0 Å². The summed E-state index contributed by atoms with van der Waals surface area (Å²) in [6.45, 7) is 24.7. The Balaban J connectivity index is 3.44. The maximum absolute atomic E-state index is 6.99. The Kier molecular flexibility index (Phi) is 6.92. The summed E-state index contributed by atoms with van der Waals surface area (Å²) in [4.78, 5) is 0. The van der Waals surface area contributed by atoms with Crippen molar-refractivity contribution in [1.82, 2.24) is 0 Å². The molecule has 0 aliphatic rings. The van der Waals surface area contributed by atoms with Gasteiger partial charge < -0.3 is 4.43 Å². The minimum absolute atomic E-state index is 0.140. The lowest BCUT2D eigenvalue weighted by atomic mass is 9.99. The minimum Gasteiger partial charge on any atom is -0.542 e. The highest BCUT2D eigenvalue weighted by atomic mass is 28.4. The molecule has 0 N–H and O–H groups in total. The standard InChI is InChI=1S/C23H38OSi/c1-11-14-21(20-16-13-12-15-19(20)17-18(2)3)24-25(10,22(4,5)6)23(7,8)9/h12-16H,2,11,17H2,1,3-10H3/b21-14-. The number of allylic oxidation sites excluding steroid dienone is 2. The fraction of sp³-hybridized carbons (Fsp3) is 0.565. The molecule has 0 radical (unpaired) electrons. The molecule has 1 nitrogen and oxygen atoms in total. The molecule has 0 saturated carbocycles. The van der Waals surface area contributed by atoms with Crippen LogP contribution in [-0.4, -0.2) is 8.32 Å². The van der Waals surface area contributed by atoms with Crippen LogP contribution in [0.15, 0.2) is 42.5 Å². The molecule has 0 bridgehead atoms. The first kappa shape index (κ1) is 21.8. The van der Waals surface area contributed by atoms with Crippen molar-refractivity contribution in [3.63, 3.8) is 0 Å². The van der Waals surface area contributed by atoms with E-state index in [-0.39, 0.29) is 10.1 Å². The number of hydrogen-bond acceptors (Lipinski definition) is 1. The lowest BCUT2D eigenvalue weighted by Gasteiger charge is -2.48. The van der Waals surface area contributed by atoms with Crippen LogP contribution >= 0.6 is 0 Å². The number of hydrogen-bond donors (Lipinski definition) is 0. The van der Waals surface area contributed by atoms with Crippen LogP contribution < -0.4 is 0 Å². The van der Waals surface area contributed by atoms with Crippen molar-refractivity contribution in [2.45, 2.75) is 84.9 Å². The molecule has 0 amide bonds. The lowest BCUT2D eigenvalue weighted by Crippen LogP contribution is -2.51. The molecular formula is C23H38OSi. The van der Waals surface area contributed by atoms with Crippen LogP contribution in [0.5, 0.6) is 0 Å². The highest BCUT2D eigenvalue weighted by Gasteiger charge is 2.53. The molecule has 0 atom stereocenters. The summed E-state index contributed by atoms with van der Waals surface area (Å²) >= 11 is 0. The van der Waals surface area contributed by atoms with E-state index in [1.807, 2.05) is 0 Å². The van der Waals surface area contributed by atoms with Crippen LogP contribution in [0.2, 0.25) is 16.6 Å². The second-order valence-electron chi connectivity index (χ2n) is 9.40. The summed E-state index contributed by atoms with van der Waals surface area (Å²) in [6.07, 6.45) is 4.11. The number of rotatable bonds is 6. The Labute approximate surface area is 157 Å². The Hall–Kier alpha value is -1.28. The Bertz CT molecular complexity index is 612. The molecule has 2 heteroatoms. The third kappa shape index (κ3) is 5.10. The van der Waals surface area contributed by atoms with Crippen LogP contribution in [0.1, 0.15) is 72.9 Å². The smallest absolute Gasteiger partial charge is 0.258 e. The molecule has 0 unspecified atom stereocenters. The van der Waals surface area contributed by atoms with Gasteiger partial charge in [0.1, 0.15) is 5.76 Å². The largest absolute Gasteiger partial charge is 0.542 e. The van der Waals surface area contributed by atoms with Gasteiger partial charge in [-0.05, 0) is 48.0 Å². The van der Waals surface area contributed by atoms with Crippen molar-refractivity contribution >= 4 is 14.1 Å². The Morgan fingerprint density at radius 2 is 1.60 bits per heavy atom. The zero-order valence-electron chi connectivity index (χ0n) is 17.9. The van der Waals surface area contributed by atoms with Gasteiger partial charge >= 0.3 is 0 Å². The van der Waals surface area contributed by atoms with Crippen LogP contribution in [0.25, 0.3) is 5.76 Å². The van der Waals surface area contributed by atoms with Gasteiger partial charge in [0, 0.05) is 5.56 Å². The Morgan fingerprint density at radius 3 is 2.04 bits per heavy atom. The fourth-order valence-electron chi connectivity index (χ4n) is 3.28.